The lowest BCUT2D eigenvalue weighted by Gasteiger charge is -2.12. The van der Waals surface area contributed by atoms with E-state index in [0.29, 0.717) is 16.9 Å². The Morgan fingerprint density at radius 1 is 0.806 bits per heavy atom. The van der Waals surface area contributed by atoms with Crippen molar-refractivity contribution in [3.63, 3.8) is 0 Å². The minimum Gasteiger partial charge on any atom is -0.332 e. The van der Waals surface area contributed by atoms with Gasteiger partial charge in [0, 0.05) is 16.9 Å². The minimum atomic E-state index is -3.73. The molecule has 31 heavy (non-hydrogen) atoms. The number of hydrogen-bond donors (Lipinski definition) is 3. The van der Waals surface area contributed by atoms with Crippen LogP contribution < -0.4 is 15.4 Å². The van der Waals surface area contributed by atoms with E-state index < -0.39 is 10.0 Å². The number of carbonyl (C=O) groups excluding carboxylic acids is 1. The number of sulfonamides is 1. The summed E-state index contributed by atoms with van der Waals surface area (Å²) < 4.78 is 27.9. The molecule has 0 aromatic heterocycles. The number of thiocarbonyl (C=S) groups is 1. The summed E-state index contributed by atoms with van der Waals surface area (Å²) in [5.41, 5.74) is 4.48. The molecule has 0 fully saturated rings. The van der Waals surface area contributed by atoms with Crippen LogP contribution in [0, 0.1) is 20.8 Å². The number of rotatable bonds is 5. The lowest BCUT2D eigenvalue weighted by molar-refractivity contribution is 0.0977. The first-order valence-corrected chi connectivity index (χ1v) is 11.4. The molecule has 160 valence electrons. The number of aryl methyl sites for hydroxylation is 3. The highest BCUT2D eigenvalue weighted by Gasteiger charge is 2.15. The Hall–Kier alpha value is -3.23. The number of carbonyl (C=O) groups is 1. The smallest absolute Gasteiger partial charge is 0.261 e. The van der Waals surface area contributed by atoms with Crippen LogP contribution in [0.15, 0.2) is 71.6 Å². The monoisotopic (exact) mass is 453 g/mol. The summed E-state index contributed by atoms with van der Waals surface area (Å²) in [4.78, 5) is 12.4. The van der Waals surface area contributed by atoms with Gasteiger partial charge in [0.15, 0.2) is 5.11 Å². The molecule has 0 saturated heterocycles. The molecule has 0 aliphatic rings. The number of amides is 1. The van der Waals surface area contributed by atoms with Gasteiger partial charge in [-0.05, 0) is 92.6 Å². The predicted molar refractivity (Wildman–Crippen MR) is 128 cm³/mol. The van der Waals surface area contributed by atoms with Crippen molar-refractivity contribution in [2.75, 3.05) is 10.0 Å². The predicted octanol–water partition coefficient (Wildman–Crippen LogP) is 4.54. The fourth-order valence-electron chi connectivity index (χ4n) is 3.09. The third-order valence-electron chi connectivity index (χ3n) is 4.40. The second-order valence-corrected chi connectivity index (χ2v) is 9.37. The van der Waals surface area contributed by atoms with Crippen molar-refractivity contribution in [2.24, 2.45) is 0 Å². The van der Waals surface area contributed by atoms with Gasteiger partial charge in [-0.25, -0.2) is 8.42 Å². The van der Waals surface area contributed by atoms with Crippen LogP contribution in [0.2, 0.25) is 0 Å². The zero-order chi connectivity index (χ0) is 22.6. The fourth-order valence-corrected chi connectivity index (χ4v) is 4.34. The van der Waals surface area contributed by atoms with Crippen molar-refractivity contribution >= 4 is 44.6 Å². The lowest BCUT2D eigenvalue weighted by Crippen LogP contribution is -2.34. The normalized spacial score (nSPS) is 10.9. The van der Waals surface area contributed by atoms with Crippen molar-refractivity contribution in [2.45, 2.75) is 25.7 Å². The van der Waals surface area contributed by atoms with Gasteiger partial charge in [-0.2, -0.15) is 0 Å². The molecule has 3 rings (SSSR count). The molecule has 0 aliphatic heterocycles. The standard InChI is InChI=1S/C23H23N3O3S2/c1-15-5-4-6-18(12-15)22(27)25-23(30)24-19-7-9-21(10-8-19)31(28,29)26-20-13-16(2)11-17(3)14-20/h4-14,26H,1-3H3,(H2,24,25,27,30). The summed E-state index contributed by atoms with van der Waals surface area (Å²) >= 11 is 5.19. The van der Waals surface area contributed by atoms with Crippen molar-refractivity contribution in [1.29, 1.82) is 0 Å². The molecule has 0 bridgehead atoms. The largest absolute Gasteiger partial charge is 0.332 e. The molecule has 3 N–H and O–H groups in total. The molecule has 0 unspecified atom stereocenters. The summed E-state index contributed by atoms with van der Waals surface area (Å²) in [6.45, 7) is 5.72. The van der Waals surface area contributed by atoms with Gasteiger partial charge in [0.1, 0.15) is 0 Å². The van der Waals surface area contributed by atoms with Gasteiger partial charge in [-0.3, -0.25) is 14.8 Å². The summed E-state index contributed by atoms with van der Waals surface area (Å²) in [5.74, 6) is -0.321. The molecular weight excluding hydrogens is 430 g/mol. The van der Waals surface area contributed by atoms with Crippen molar-refractivity contribution in [3.05, 3.63) is 89.0 Å². The van der Waals surface area contributed by atoms with E-state index in [1.807, 2.05) is 32.9 Å². The molecular formula is C23H23N3O3S2. The summed E-state index contributed by atoms with van der Waals surface area (Å²) in [7, 11) is -3.73. The van der Waals surface area contributed by atoms with Crippen LogP contribution in [0.4, 0.5) is 11.4 Å². The summed E-state index contributed by atoms with van der Waals surface area (Å²) in [6.07, 6.45) is 0. The molecule has 0 spiro atoms. The molecule has 0 saturated carbocycles. The Morgan fingerprint density at radius 2 is 1.45 bits per heavy atom. The van der Waals surface area contributed by atoms with E-state index in [9.17, 15) is 13.2 Å². The van der Waals surface area contributed by atoms with Gasteiger partial charge in [-0.15, -0.1) is 0 Å². The Kier molecular flexibility index (Phi) is 6.72. The third-order valence-corrected chi connectivity index (χ3v) is 6.01. The first kappa shape index (κ1) is 22.5. The zero-order valence-electron chi connectivity index (χ0n) is 17.4. The van der Waals surface area contributed by atoms with Crippen molar-refractivity contribution < 1.29 is 13.2 Å². The topological polar surface area (TPSA) is 87.3 Å². The third kappa shape index (κ3) is 6.13. The molecule has 1 amide bonds. The second kappa shape index (κ2) is 9.28. The van der Waals surface area contributed by atoms with Crippen LogP contribution >= 0.6 is 12.2 Å². The van der Waals surface area contributed by atoms with Crippen LogP contribution in [0.3, 0.4) is 0 Å². The molecule has 6 nitrogen and oxygen atoms in total. The second-order valence-electron chi connectivity index (χ2n) is 7.28. The number of anilines is 2. The van der Waals surface area contributed by atoms with E-state index >= 15 is 0 Å². The van der Waals surface area contributed by atoms with Crippen LogP contribution in [0.25, 0.3) is 0 Å². The van der Waals surface area contributed by atoms with Crippen LogP contribution in [-0.4, -0.2) is 19.4 Å². The van der Waals surface area contributed by atoms with Gasteiger partial charge >= 0.3 is 0 Å². The van der Waals surface area contributed by atoms with Crippen LogP contribution in [0.1, 0.15) is 27.0 Å². The number of nitrogens with one attached hydrogen (secondary N) is 3. The van der Waals surface area contributed by atoms with E-state index in [2.05, 4.69) is 15.4 Å². The van der Waals surface area contributed by atoms with E-state index in [1.165, 1.54) is 12.1 Å². The van der Waals surface area contributed by atoms with Crippen LogP contribution in [-0.2, 0) is 10.0 Å². The van der Waals surface area contributed by atoms with Gasteiger partial charge in [0.25, 0.3) is 15.9 Å². The Bertz CT molecular complexity index is 1220. The average Bonchev–Trinajstić information content (AvgIpc) is 2.67. The molecule has 0 radical (unpaired) electrons. The summed E-state index contributed by atoms with van der Waals surface area (Å²) in [6, 6.07) is 18.8. The van der Waals surface area contributed by atoms with E-state index in [1.54, 1.807) is 42.5 Å². The summed E-state index contributed by atoms with van der Waals surface area (Å²) in [5, 5.41) is 5.62. The van der Waals surface area contributed by atoms with Crippen LogP contribution in [0.5, 0.6) is 0 Å². The molecule has 8 heteroatoms. The number of benzene rings is 3. The van der Waals surface area contributed by atoms with Gasteiger partial charge in [0.05, 0.1) is 4.90 Å². The van der Waals surface area contributed by atoms with Gasteiger partial charge in [0.2, 0.25) is 0 Å². The molecule has 3 aromatic rings. The quantitative estimate of drug-likeness (QED) is 0.494. The Morgan fingerprint density at radius 3 is 2.06 bits per heavy atom. The Balaban J connectivity index is 1.65. The molecule has 0 atom stereocenters. The fraction of sp³-hybridized carbons (Fsp3) is 0.130. The highest BCUT2D eigenvalue weighted by atomic mass is 32.2. The highest BCUT2D eigenvalue weighted by Crippen LogP contribution is 2.20. The lowest BCUT2D eigenvalue weighted by atomic mass is 10.1. The molecule has 0 heterocycles. The van der Waals surface area contributed by atoms with Gasteiger partial charge in [-0.1, -0.05) is 23.8 Å². The first-order valence-electron chi connectivity index (χ1n) is 9.52. The SMILES string of the molecule is Cc1cc(C)cc(NS(=O)(=O)c2ccc(NC(=S)NC(=O)c3cccc(C)c3)cc2)c1. The van der Waals surface area contributed by atoms with Crippen molar-refractivity contribution in [1.82, 2.24) is 5.32 Å². The first-order chi connectivity index (χ1) is 14.6. The van der Waals surface area contributed by atoms with Crippen molar-refractivity contribution in [3.8, 4) is 0 Å². The van der Waals surface area contributed by atoms with E-state index in [0.717, 1.165) is 16.7 Å². The maximum Gasteiger partial charge on any atom is 0.261 e. The maximum absolute atomic E-state index is 12.7. The minimum absolute atomic E-state index is 0.118. The number of hydrogen-bond acceptors (Lipinski definition) is 4. The zero-order valence-corrected chi connectivity index (χ0v) is 19.0. The van der Waals surface area contributed by atoms with Gasteiger partial charge < -0.3 is 5.32 Å². The van der Waals surface area contributed by atoms with E-state index in [4.69, 9.17) is 12.2 Å². The maximum atomic E-state index is 12.7. The molecule has 3 aromatic carbocycles. The Labute approximate surface area is 187 Å². The average molecular weight is 454 g/mol. The van der Waals surface area contributed by atoms with E-state index in [-0.39, 0.29) is 15.9 Å². The highest BCUT2D eigenvalue weighted by molar-refractivity contribution is 7.92. The molecule has 0 aliphatic carbocycles.